The van der Waals surface area contributed by atoms with Crippen molar-refractivity contribution >= 4 is 35.9 Å². The monoisotopic (exact) mass is 180 g/mol. The second-order valence-electron chi connectivity index (χ2n) is 1.67. The van der Waals surface area contributed by atoms with Gasteiger partial charge in [0.15, 0.2) is 9.84 Å². The molecular weight excluding hydrogens is 168 g/mol. The average molecular weight is 180 g/mol. The van der Waals surface area contributed by atoms with Crippen molar-refractivity contribution in [3.8, 4) is 0 Å². The van der Waals surface area contributed by atoms with Gasteiger partial charge in [0.25, 0.3) is 0 Å². The van der Waals surface area contributed by atoms with E-state index in [9.17, 15) is 4.79 Å². The van der Waals surface area contributed by atoms with Crippen LogP contribution < -0.4 is 9.30 Å². The molecule has 0 saturated carbocycles. The maximum Gasteiger partial charge on any atom is 0.301 e. The molecule has 0 unspecified atom stereocenters. The average Bonchev–Trinajstić information content (AvgIpc) is 1.80. The number of carboxylic acid groups (broad SMARTS) is 1. The van der Waals surface area contributed by atoms with E-state index in [2.05, 4.69) is 9.30 Å². The molecule has 0 fully saturated rings. The van der Waals surface area contributed by atoms with Crippen molar-refractivity contribution in [1.82, 2.24) is 9.30 Å². The second kappa shape index (κ2) is 6.17. The van der Waals surface area contributed by atoms with Gasteiger partial charge in [-0.15, -0.1) is 0 Å². The lowest BCUT2D eigenvalue weighted by Gasteiger charge is -1.97. The van der Waals surface area contributed by atoms with Crippen LogP contribution in [0.4, 0.5) is 0 Å². The van der Waals surface area contributed by atoms with Crippen molar-refractivity contribution in [2.45, 2.75) is 6.04 Å². The quantitative estimate of drug-likeness (QED) is 0.298. The predicted octanol–water partition coefficient (Wildman–Crippen LogP) is -3.97. The molecule has 0 aromatic heterocycles. The molecule has 0 spiro atoms. The second-order valence-corrected chi connectivity index (χ2v) is 7.86. The van der Waals surface area contributed by atoms with E-state index in [-0.39, 0.29) is 9.84 Å². The van der Waals surface area contributed by atoms with Crippen LogP contribution in [-0.4, -0.2) is 41.0 Å². The van der Waals surface area contributed by atoms with Crippen molar-refractivity contribution in [3.63, 3.8) is 0 Å². The van der Waals surface area contributed by atoms with Crippen molar-refractivity contribution in [3.05, 3.63) is 0 Å². The van der Waals surface area contributed by atoms with E-state index < -0.39 is 15.7 Å². The van der Waals surface area contributed by atoms with Crippen LogP contribution in [0.1, 0.15) is 0 Å². The lowest BCUT2D eigenvalue weighted by molar-refractivity contribution is -0.134. The molecule has 4 nitrogen and oxygen atoms in total. The molecule has 3 N–H and O–H groups in total. The van der Waals surface area contributed by atoms with E-state index >= 15 is 0 Å². The van der Waals surface area contributed by atoms with Gasteiger partial charge >= 0.3 is 5.97 Å². The standard InChI is InChI=1S/C2H12N2O2Si3/c5-2(6)1-8-4-9-3-7/h3-4H,1,8-9H2,7H3,(H,5,6). The molecule has 0 bridgehead atoms. The van der Waals surface area contributed by atoms with Gasteiger partial charge in [-0.05, 0) is 0 Å². The van der Waals surface area contributed by atoms with Crippen molar-refractivity contribution in [2.24, 2.45) is 0 Å². The molecule has 7 heteroatoms. The minimum atomic E-state index is -0.670. The number of carboxylic acids is 1. The lowest BCUT2D eigenvalue weighted by Crippen LogP contribution is -2.34. The first-order valence-electron chi connectivity index (χ1n) is 2.84. The zero-order valence-corrected chi connectivity index (χ0v) is 10.3. The highest BCUT2D eigenvalue weighted by molar-refractivity contribution is 6.54. The Morgan fingerprint density at radius 1 is 1.78 bits per heavy atom. The van der Waals surface area contributed by atoms with Crippen LogP contribution >= 0.6 is 0 Å². The summed E-state index contributed by atoms with van der Waals surface area (Å²) in [5.74, 6) is -0.670. The fourth-order valence-corrected chi connectivity index (χ4v) is 5.29. The normalized spacial score (nSPS) is 12.4. The van der Waals surface area contributed by atoms with E-state index in [1.807, 2.05) is 0 Å². The number of nitrogens with one attached hydrogen (secondary N) is 2. The Morgan fingerprint density at radius 2 is 2.44 bits per heavy atom. The Balaban J connectivity index is 2.83. The predicted molar refractivity (Wildman–Crippen MR) is 45.7 cm³/mol. The molecule has 0 saturated heterocycles. The Morgan fingerprint density at radius 3 is 2.89 bits per heavy atom. The molecule has 54 valence electrons. The van der Waals surface area contributed by atoms with Crippen molar-refractivity contribution in [1.29, 1.82) is 0 Å². The molecular formula is C2H12N2O2Si3. The molecule has 0 aliphatic carbocycles. The van der Waals surface area contributed by atoms with Crippen LogP contribution in [0, 0.1) is 0 Å². The summed E-state index contributed by atoms with van der Waals surface area (Å²) in [4.78, 5) is 9.96. The molecule has 0 aromatic carbocycles. The highest BCUT2D eigenvalue weighted by Gasteiger charge is 1.94. The minimum Gasteiger partial charge on any atom is -0.481 e. The summed E-state index contributed by atoms with van der Waals surface area (Å²) in [7, 11) is 0.290. The van der Waals surface area contributed by atoms with Crippen molar-refractivity contribution in [2.75, 3.05) is 0 Å². The summed E-state index contributed by atoms with van der Waals surface area (Å²) >= 11 is 0. The first-order valence-corrected chi connectivity index (χ1v) is 6.96. The zero-order valence-electron chi connectivity index (χ0n) is 5.48. The number of aliphatic carboxylic acids is 1. The van der Waals surface area contributed by atoms with E-state index in [4.69, 9.17) is 5.11 Å². The largest absolute Gasteiger partial charge is 0.481 e. The van der Waals surface area contributed by atoms with Crippen LogP contribution in [0.5, 0.6) is 0 Å². The maximum absolute atomic E-state index is 9.96. The number of carbonyl (C=O) groups is 1. The highest BCUT2D eigenvalue weighted by atomic mass is 28.3. The Hall–Kier alpha value is 0.0406. The van der Waals surface area contributed by atoms with Crippen LogP contribution in [-0.2, 0) is 4.79 Å². The summed E-state index contributed by atoms with van der Waals surface area (Å²) in [6.07, 6.45) is 0. The third kappa shape index (κ3) is 8.04. The zero-order chi connectivity index (χ0) is 7.11. The van der Waals surface area contributed by atoms with E-state index in [0.717, 1.165) is 10.4 Å². The maximum atomic E-state index is 9.96. The molecule has 0 aromatic rings. The summed E-state index contributed by atoms with van der Waals surface area (Å²) < 4.78 is 6.34. The van der Waals surface area contributed by atoms with Gasteiger partial charge in [0.05, 0.1) is 20.1 Å². The Kier molecular flexibility index (Phi) is 6.19. The molecule has 0 rings (SSSR count). The van der Waals surface area contributed by atoms with Gasteiger partial charge in [0, 0.05) is 6.04 Å². The minimum absolute atomic E-state index is 0.261. The summed E-state index contributed by atoms with van der Waals surface area (Å²) in [5, 5.41) is 8.21. The molecule has 0 heterocycles. The molecule has 0 aliphatic heterocycles. The summed E-state index contributed by atoms with van der Waals surface area (Å²) in [6, 6.07) is 0.371. The molecule has 0 aliphatic rings. The fourth-order valence-electron chi connectivity index (χ4n) is 0.409. The van der Waals surface area contributed by atoms with Gasteiger partial charge in [-0.3, -0.25) is 4.79 Å². The van der Waals surface area contributed by atoms with E-state index in [0.29, 0.717) is 6.04 Å². The highest BCUT2D eigenvalue weighted by Crippen LogP contribution is 1.70. The van der Waals surface area contributed by atoms with E-state index in [1.54, 1.807) is 0 Å². The molecule has 9 heavy (non-hydrogen) atoms. The SMILES string of the molecule is O=C(O)C[SiH2]N[SiH2]N[SiH3]. The van der Waals surface area contributed by atoms with Crippen molar-refractivity contribution < 1.29 is 9.90 Å². The first-order chi connectivity index (χ1) is 4.27. The summed E-state index contributed by atoms with van der Waals surface area (Å²) in [5.41, 5.74) is 0. The van der Waals surface area contributed by atoms with Gasteiger partial charge in [-0.2, -0.15) is 0 Å². The Bertz CT molecular complexity index is 89.9. The van der Waals surface area contributed by atoms with Crippen LogP contribution in [0.25, 0.3) is 0 Å². The van der Waals surface area contributed by atoms with Gasteiger partial charge < -0.3 is 14.4 Å². The fraction of sp³-hybridized carbons (Fsp3) is 0.500. The summed E-state index contributed by atoms with van der Waals surface area (Å²) in [6.45, 7) is 0. The lowest BCUT2D eigenvalue weighted by atomic mass is 10.8. The number of hydrogen-bond donors (Lipinski definition) is 3. The van der Waals surface area contributed by atoms with Gasteiger partial charge in [-0.25, -0.2) is 0 Å². The van der Waals surface area contributed by atoms with E-state index in [1.165, 1.54) is 0 Å². The van der Waals surface area contributed by atoms with Gasteiger partial charge in [0.1, 0.15) is 0 Å². The molecule has 0 amide bonds. The van der Waals surface area contributed by atoms with Crippen LogP contribution in [0.3, 0.4) is 0 Å². The third-order valence-electron chi connectivity index (χ3n) is 0.817. The van der Waals surface area contributed by atoms with Crippen LogP contribution in [0.2, 0.25) is 6.04 Å². The smallest absolute Gasteiger partial charge is 0.301 e. The molecule has 0 atom stereocenters. The van der Waals surface area contributed by atoms with Gasteiger partial charge in [0.2, 0.25) is 0 Å². The van der Waals surface area contributed by atoms with Gasteiger partial charge in [-0.1, -0.05) is 0 Å². The van der Waals surface area contributed by atoms with Crippen LogP contribution in [0.15, 0.2) is 0 Å². The molecule has 0 radical (unpaired) electrons. The number of rotatable bonds is 5. The first kappa shape index (κ1) is 9.04. The number of hydrogen-bond acceptors (Lipinski definition) is 3. The Labute approximate surface area is 61.8 Å². The third-order valence-corrected chi connectivity index (χ3v) is 5.32. The topological polar surface area (TPSA) is 61.4 Å².